The van der Waals surface area contributed by atoms with Gasteiger partial charge in [-0.15, -0.1) is 0 Å². The molecule has 7 heteroatoms. The average molecular weight is 314 g/mol. The van der Waals surface area contributed by atoms with Crippen LogP contribution in [0.5, 0.6) is 0 Å². The Hall–Kier alpha value is -2.96. The lowest BCUT2D eigenvalue weighted by Gasteiger charge is -2.17. The third kappa shape index (κ3) is 2.73. The van der Waals surface area contributed by atoms with Gasteiger partial charge < -0.3 is 9.73 Å². The van der Waals surface area contributed by atoms with Crippen molar-refractivity contribution in [3.63, 3.8) is 0 Å². The van der Waals surface area contributed by atoms with Gasteiger partial charge in [-0.3, -0.25) is 19.3 Å². The summed E-state index contributed by atoms with van der Waals surface area (Å²) in [5.41, 5.74) is 1.11. The van der Waals surface area contributed by atoms with Gasteiger partial charge in [-0.2, -0.15) is 0 Å². The van der Waals surface area contributed by atoms with Crippen molar-refractivity contribution in [3.05, 3.63) is 40.2 Å². The lowest BCUT2D eigenvalue weighted by Crippen LogP contribution is -2.40. The molecular formula is C16H14N2O5. The van der Waals surface area contributed by atoms with Gasteiger partial charge in [0.15, 0.2) is 0 Å². The maximum Gasteiger partial charge on any atom is 0.336 e. The molecule has 0 saturated carbocycles. The summed E-state index contributed by atoms with van der Waals surface area (Å²) in [5.74, 6) is -0.808. The number of aryl methyl sites for hydroxylation is 1. The zero-order valence-corrected chi connectivity index (χ0v) is 12.4. The Kier molecular flexibility index (Phi) is 3.69. The van der Waals surface area contributed by atoms with E-state index in [9.17, 15) is 19.2 Å². The van der Waals surface area contributed by atoms with Crippen LogP contribution in [0.15, 0.2) is 33.5 Å². The van der Waals surface area contributed by atoms with Crippen LogP contribution in [0.3, 0.4) is 0 Å². The second-order valence-corrected chi connectivity index (χ2v) is 5.41. The van der Waals surface area contributed by atoms with Crippen LogP contribution in [0.1, 0.15) is 18.4 Å². The minimum Gasteiger partial charge on any atom is -0.423 e. The summed E-state index contributed by atoms with van der Waals surface area (Å²) in [6, 6.07) is 5.55. The minimum atomic E-state index is -0.805. The first-order valence-corrected chi connectivity index (χ1v) is 7.11. The zero-order valence-electron chi connectivity index (χ0n) is 12.4. The molecule has 1 N–H and O–H groups in total. The summed E-state index contributed by atoms with van der Waals surface area (Å²) in [6.07, 6.45) is 0.843. The van der Waals surface area contributed by atoms with Gasteiger partial charge in [-0.25, -0.2) is 4.79 Å². The fraction of sp³-hybridized carbons (Fsp3) is 0.250. The summed E-state index contributed by atoms with van der Waals surface area (Å²) in [6.45, 7) is 1.80. The molecule has 1 aromatic heterocycles. The SMILES string of the molecule is Cc1cc(=O)oc2cc(NC(=O)[C@@H]3CCC(=O)N3C=O)ccc12. The number of imide groups is 1. The Balaban J connectivity index is 1.87. The Labute approximate surface area is 130 Å². The topological polar surface area (TPSA) is 96.7 Å². The number of amides is 3. The molecule has 3 amide bonds. The van der Waals surface area contributed by atoms with Crippen LogP contribution in [-0.4, -0.2) is 29.2 Å². The molecule has 1 aliphatic heterocycles. The van der Waals surface area contributed by atoms with Crippen molar-refractivity contribution < 1.29 is 18.8 Å². The van der Waals surface area contributed by atoms with Crippen LogP contribution < -0.4 is 10.9 Å². The summed E-state index contributed by atoms with van der Waals surface area (Å²) < 4.78 is 5.12. The maximum absolute atomic E-state index is 12.2. The number of fused-ring (bicyclic) bond motifs is 1. The largest absolute Gasteiger partial charge is 0.423 e. The molecule has 1 aliphatic rings. The minimum absolute atomic E-state index is 0.169. The third-order valence-corrected chi connectivity index (χ3v) is 3.89. The second-order valence-electron chi connectivity index (χ2n) is 5.41. The lowest BCUT2D eigenvalue weighted by atomic mass is 10.1. The van der Waals surface area contributed by atoms with Crippen molar-refractivity contribution in [2.24, 2.45) is 0 Å². The predicted octanol–water partition coefficient (Wildman–Crippen LogP) is 1.19. The van der Waals surface area contributed by atoms with Gasteiger partial charge in [0.1, 0.15) is 11.6 Å². The van der Waals surface area contributed by atoms with Gasteiger partial charge >= 0.3 is 5.63 Å². The Bertz CT molecular complexity index is 870. The molecule has 2 heterocycles. The molecule has 1 aromatic carbocycles. The predicted molar refractivity (Wildman–Crippen MR) is 81.8 cm³/mol. The van der Waals surface area contributed by atoms with Crippen molar-refractivity contribution in [2.75, 3.05) is 5.32 Å². The van der Waals surface area contributed by atoms with E-state index >= 15 is 0 Å². The molecule has 7 nitrogen and oxygen atoms in total. The van der Waals surface area contributed by atoms with Crippen molar-refractivity contribution in [1.82, 2.24) is 4.90 Å². The van der Waals surface area contributed by atoms with Gasteiger partial charge in [0.25, 0.3) is 0 Å². The standard InChI is InChI=1S/C16H14N2O5/c1-9-6-15(21)23-13-7-10(2-3-11(9)13)17-16(22)12-4-5-14(20)18(12)8-19/h2-3,6-8,12H,4-5H2,1H3,(H,17,22)/t12-/m0/s1. The molecule has 23 heavy (non-hydrogen) atoms. The van der Waals surface area contributed by atoms with Gasteiger partial charge in [-0.1, -0.05) is 0 Å². The fourth-order valence-corrected chi connectivity index (χ4v) is 2.72. The van der Waals surface area contributed by atoms with Gasteiger partial charge in [0.2, 0.25) is 18.2 Å². The van der Waals surface area contributed by atoms with Crippen molar-refractivity contribution >= 4 is 34.9 Å². The van der Waals surface area contributed by atoms with E-state index in [1.54, 1.807) is 25.1 Å². The van der Waals surface area contributed by atoms with E-state index < -0.39 is 17.6 Å². The smallest absolute Gasteiger partial charge is 0.336 e. The molecular weight excluding hydrogens is 300 g/mol. The average Bonchev–Trinajstić information content (AvgIpc) is 2.87. The summed E-state index contributed by atoms with van der Waals surface area (Å²) in [4.78, 5) is 47.0. The first-order chi connectivity index (χ1) is 11.0. The molecule has 3 rings (SSSR count). The summed E-state index contributed by atoms with van der Waals surface area (Å²) >= 11 is 0. The first kappa shape index (κ1) is 15.0. The van der Waals surface area contributed by atoms with Crippen molar-refractivity contribution in [3.8, 4) is 0 Å². The van der Waals surface area contributed by atoms with Crippen molar-refractivity contribution in [2.45, 2.75) is 25.8 Å². The molecule has 0 bridgehead atoms. The maximum atomic E-state index is 12.2. The highest BCUT2D eigenvalue weighted by molar-refractivity contribution is 6.03. The number of anilines is 1. The van der Waals surface area contributed by atoms with Crippen LogP contribution in [0, 0.1) is 6.92 Å². The second kappa shape index (κ2) is 5.68. The van der Waals surface area contributed by atoms with Gasteiger partial charge in [-0.05, 0) is 31.0 Å². The van der Waals surface area contributed by atoms with Crippen LogP contribution in [0.25, 0.3) is 11.0 Å². The Morgan fingerprint density at radius 2 is 2.13 bits per heavy atom. The number of benzene rings is 1. The Morgan fingerprint density at radius 3 is 2.87 bits per heavy atom. The van der Waals surface area contributed by atoms with Crippen molar-refractivity contribution in [1.29, 1.82) is 0 Å². The van der Waals surface area contributed by atoms with E-state index in [0.29, 0.717) is 24.1 Å². The van der Waals surface area contributed by atoms with E-state index in [0.717, 1.165) is 15.8 Å². The molecule has 2 aromatic rings. The van der Waals surface area contributed by atoms with E-state index in [1.807, 2.05) is 0 Å². The fourth-order valence-electron chi connectivity index (χ4n) is 2.72. The highest BCUT2D eigenvalue weighted by Gasteiger charge is 2.35. The number of nitrogens with one attached hydrogen (secondary N) is 1. The number of hydrogen-bond donors (Lipinski definition) is 1. The third-order valence-electron chi connectivity index (χ3n) is 3.89. The molecule has 118 valence electrons. The van der Waals surface area contributed by atoms with Gasteiger partial charge in [0.05, 0.1) is 0 Å². The van der Waals surface area contributed by atoms with E-state index in [4.69, 9.17) is 4.42 Å². The quantitative estimate of drug-likeness (QED) is 0.678. The zero-order chi connectivity index (χ0) is 16.6. The molecule has 1 fully saturated rings. The molecule has 1 atom stereocenters. The number of rotatable bonds is 3. The van der Waals surface area contributed by atoms with Crippen LogP contribution in [0.4, 0.5) is 5.69 Å². The number of hydrogen-bond acceptors (Lipinski definition) is 5. The van der Waals surface area contributed by atoms with E-state index in [1.165, 1.54) is 6.07 Å². The normalized spacial score (nSPS) is 17.5. The lowest BCUT2D eigenvalue weighted by molar-refractivity contribution is -0.140. The number of carbonyl (C=O) groups excluding carboxylic acids is 3. The van der Waals surface area contributed by atoms with E-state index in [-0.39, 0.29) is 12.3 Å². The van der Waals surface area contributed by atoms with Crippen LogP contribution in [-0.2, 0) is 14.4 Å². The van der Waals surface area contributed by atoms with Gasteiger partial charge in [0, 0.05) is 29.6 Å². The molecule has 0 spiro atoms. The summed E-state index contributed by atoms with van der Waals surface area (Å²) in [7, 11) is 0. The molecule has 0 radical (unpaired) electrons. The number of likely N-dealkylation sites (tertiary alicyclic amines) is 1. The highest BCUT2D eigenvalue weighted by atomic mass is 16.4. The highest BCUT2D eigenvalue weighted by Crippen LogP contribution is 2.23. The van der Waals surface area contributed by atoms with E-state index in [2.05, 4.69) is 5.32 Å². The number of carbonyl (C=O) groups is 3. The molecule has 1 saturated heterocycles. The monoisotopic (exact) mass is 314 g/mol. The molecule has 0 unspecified atom stereocenters. The van der Waals surface area contributed by atoms with Crippen LogP contribution >= 0.6 is 0 Å². The molecule has 0 aliphatic carbocycles. The summed E-state index contributed by atoms with van der Waals surface area (Å²) in [5, 5.41) is 3.42. The first-order valence-electron chi connectivity index (χ1n) is 7.11. The number of nitrogens with zero attached hydrogens (tertiary/aromatic N) is 1. The Morgan fingerprint density at radius 1 is 1.35 bits per heavy atom. The van der Waals surface area contributed by atoms with Crippen LogP contribution in [0.2, 0.25) is 0 Å².